The molecule has 0 aliphatic carbocycles. The van der Waals surface area contributed by atoms with E-state index in [1.165, 1.54) is 17.2 Å². The minimum absolute atomic E-state index is 0.171. The van der Waals surface area contributed by atoms with E-state index in [9.17, 15) is 4.79 Å². The van der Waals surface area contributed by atoms with Crippen LogP contribution in [0.25, 0.3) is 16.7 Å². The third-order valence-corrected chi connectivity index (χ3v) is 3.82. The number of carbonyl (C=O) groups is 1. The van der Waals surface area contributed by atoms with Crippen molar-refractivity contribution in [2.75, 3.05) is 0 Å². The molecule has 0 aliphatic heterocycles. The van der Waals surface area contributed by atoms with Crippen LogP contribution in [0.3, 0.4) is 0 Å². The molecule has 0 radical (unpaired) electrons. The molecule has 0 aliphatic rings. The van der Waals surface area contributed by atoms with Crippen molar-refractivity contribution in [3.05, 3.63) is 103 Å². The normalized spacial score (nSPS) is 12.2. The predicted molar refractivity (Wildman–Crippen MR) is 107 cm³/mol. The van der Waals surface area contributed by atoms with Crippen molar-refractivity contribution in [1.29, 1.82) is 0 Å². The lowest BCUT2D eigenvalue weighted by Crippen LogP contribution is -2.18. The summed E-state index contributed by atoms with van der Waals surface area (Å²) in [6.07, 6.45) is 8.62. The van der Waals surface area contributed by atoms with Crippen LogP contribution in [0, 0.1) is 0 Å². The number of rotatable bonds is 6. The van der Waals surface area contributed by atoms with Gasteiger partial charge in [0, 0.05) is 11.8 Å². The average molecular weight is 329 g/mol. The monoisotopic (exact) mass is 329 g/mol. The first-order valence-electron chi connectivity index (χ1n) is 8.24. The Balaban J connectivity index is 2.11. The van der Waals surface area contributed by atoms with Crippen molar-refractivity contribution >= 4 is 11.5 Å². The Labute approximate surface area is 149 Å². The van der Waals surface area contributed by atoms with Gasteiger partial charge >= 0.3 is 0 Å². The topological polar surface area (TPSA) is 29.1 Å². The Morgan fingerprint density at radius 1 is 1.04 bits per heavy atom. The molecule has 2 nitrogen and oxygen atoms in total. The molecule has 0 heterocycles. The number of allylic oxidation sites excluding steroid dienone is 5. The quantitative estimate of drug-likeness (QED) is 0.549. The van der Waals surface area contributed by atoms with E-state index < -0.39 is 0 Å². The highest BCUT2D eigenvalue weighted by Crippen LogP contribution is 2.23. The van der Waals surface area contributed by atoms with Crippen LogP contribution in [-0.4, -0.2) is 5.91 Å². The fourth-order valence-electron chi connectivity index (χ4n) is 2.38. The molecule has 2 heteroatoms. The number of carbonyl (C=O) groups excluding carboxylic acids is 1. The second-order valence-corrected chi connectivity index (χ2v) is 5.59. The Morgan fingerprint density at radius 3 is 2.44 bits per heavy atom. The van der Waals surface area contributed by atoms with Gasteiger partial charge in [0.1, 0.15) is 0 Å². The van der Waals surface area contributed by atoms with Gasteiger partial charge in [-0.05, 0) is 48.3 Å². The van der Waals surface area contributed by atoms with Gasteiger partial charge in [0.25, 0.3) is 0 Å². The smallest absolute Gasteiger partial charge is 0.248 e. The van der Waals surface area contributed by atoms with E-state index in [4.69, 9.17) is 0 Å². The standard InChI is InChI=1S/C23H23NO/c1-4-22(5-2)24-23(25)16-9-11-18(3)20-14-10-15-21(17-20)19-12-7-6-8-13-19/h4-17H,1H2,2-3H3,(H,24,25)/b16-9-,18-11+,22-5+. The maximum atomic E-state index is 11.8. The summed E-state index contributed by atoms with van der Waals surface area (Å²) in [6.45, 7) is 7.53. The molecule has 2 rings (SSSR count). The van der Waals surface area contributed by atoms with Crippen molar-refractivity contribution in [1.82, 2.24) is 5.32 Å². The second kappa shape index (κ2) is 9.24. The Kier molecular flexibility index (Phi) is 6.73. The van der Waals surface area contributed by atoms with Crippen molar-refractivity contribution in [3.63, 3.8) is 0 Å². The molecule has 0 atom stereocenters. The maximum Gasteiger partial charge on any atom is 0.248 e. The van der Waals surface area contributed by atoms with Crippen molar-refractivity contribution in [2.24, 2.45) is 0 Å². The molecule has 0 saturated heterocycles. The maximum absolute atomic E-state index is 11.8. The SMILES string of the molecule is C=C/C(=C\C)NC(=O)/C=C\C=C(/C)c1cccc(-c2ccccc2)c1. The van der Waals surface area contributed by atoms with Crippen molar-refractivity contribution < 1.29 is 4.79 Å². The summed E-state index contributed by atoms with van der Waals surface area (Å²) < 4.78 is 0. The van der Waals surface area contributed by atoms with Gasteiger partial charge in [-0.1, -0.05) is 73.3 Å². The molecule has 0 unspecified atom stereocenters. The molecule has 0 saturated carbocycles. The van der Waals surface area contributed by atoms with E-state index in [1.54, 1.807) is 18.2 Å². The highest BCUT2D eigenvalue weighted by atomic mass is 16.1. The highest BCUT2D eigenvalue weighted by molar-refractivity contribution is 5.89. The van der Waals surface area contributed by atoms with Gasteiger partial charge in [-0.15, -0.1) is 0 Å². The summed E-state index contributed by atoms with van der Waals surface area (Å²) in [6, 6.07) is 18.7. The first-order valence-corrected chi connectivity index (χ1v) is 8.24. The van der Waals surface area contributed by atoms with Crippen LogP contribution in [0.5, 0.6) is 0 Å². The Morgan fingerprint density at radius 2 is 1.76 bits per heavy atom. The lowest BCUT2D eigenvalue weighted by atomic mass is 9.99. The van der Waals surface area contributed by atoms with Gasteiger partial charge in [-0.3, -0.25) is 4.79 Å². The minimum atomic E-state index is -0.171. The highest BCUT2D eigenvalue weighted by Gasteiger charge is 2.00. The lowest BCUT2D eigenvalue weighted by Gasteiger charge is -2.06. The van der Waals surface area contributed by atoms with Crippen LogP contribution in [-0.2, 0) is 4.79 Å². The molecular weight excluding hydrogens is 306 g/mol. The summed E-state index contributed by atoms with van der Waals surface area (Å²) in [5.41, 5.74) is 5.29. The van der Waals surface area contributed by atoms with E-state index in [0.717, 1.165) is 11.1 Å². The summed E-state index contributed by atoms with van der Waals surface area (Å²) >= 11 is 0. The number of amides is 1. The predicted octanol–water partition coefficient (Wildman–Crippen LogP) is 5.52. The molecule has 0 fully saturated rings. The van der Waals surface area contributed by atoms with Crippen molar-refractivity contribution in [3.8, 4) is 11.1 Å². The van der Waals surface area contributed by atoms with Gasteiger partial charge in [0.15, 0.2) is 0 Å². The van der Waals surface area contributed by atoms with Gasteiger partial charge in [0.2, 0.25) is 5.91 Å². The van der Waals surface area contributed by atoms with E-state index in [2.05, 4.69) is 42.2 Å². The van der Waals surface area contributed by atoms with E-state index in [0.29, 0.717) is 5.70 Å². The van der Waals surface area contributed by atoms with Crippen LogP contribution < -0.4 is 5.32 Å². The average Bonchev–Trinajstić information content (AvgIpc) is 2.66. The van der Waals surface area contributed by atoms with E-state index in [-0.39, 0.29) is 5.91 Å². The first-order chi connectivity index (χ1) is 12.1. The zero-order chi connectivity index (χ0) is 18.1. The zero-order valence-corrected chi connectivity index (χ0v) is 14.7. The molecular formula is C23H23NO. The minimum Gasteiger partial charge on any atom is -0.323 e. The fourth-order valence-corrected chi connectivity index (χ4v) is 2.38. The molecule has 0 spiro atoms. The number of benzene rings is 2. The number of nitrogens with one attached hydrogen (secondary N) is 1. The van der Waals surface area contributed by atoms with Gasteiger partial charge in [0.05, 0.1) is 0 Å². The number of hydrogen-bond acceptors (Lipinski definition) is 1. The van der Waals surface area contributed by atoms with Gasteiger partial charge in [-0.25, -0.2) is 0 Å². The zero-order valence-electron chi connectivity index (χ0n) is 14.7. The first kappa shape index (κ1) is 18.2. The third-order valence-electron chi connectivity index (χ3n) is 3.82. The lowest BCUT2D eigenvalue weighted by molar-refractivity contribution is -0.115. The third kappa shape index (κ3) is 5.47. The summed E-state index contributed by atoms with van der Waals surface area (Å²) in [5, 5.41) is 2.75. The summed E-state index contributed by atoms with van der Waals surface area (Å²) in [5.74, 6) is -0.171. The summed E-state index contributed by atoms with van der Waals surface area (Å²) in [7, 11) is 0. The van der Waals surface area contributed by atoms with Crippen LogP contribution >= 0.6 is 0 Å². The molecule has 2 aromatic carbocycles. The molecule has 126 valence electrons. The Bertz CT molecular complexity index is 826. The molecule has 0 aromatic heterocycles. The number of hydrogen-bond donors (Lipinski definition) is 1. The van der Waals surface area contributed by atoms with Crippen LogP contribution in [0.1, 0.15) is 19.4 Å². The molecule has 0 bridgehead atoms. The van der Waals surface area contributed by atoms with E-state index in [1.807, 2.05) is 44.2 Å². The second-order valence-electron chi connectivity index (χ2n) is 5.59. The van der Waals surface area contributed by atoms with Gasteiger partial charge in [-0.2, -0.15) is 0 Å². The fraction of sp³-hybridized carbons (Fsp3) is 0.0870. The summed E-state index contributed by atoms with van der Waals surface area (Å²) in [4.78, 5) is 11.8. The largest absolute Gasteiger partial charge is 0.323 e. The van der Waals surface area contributed by atoms with Crippen LogP contribution in [0.2, 0.25) is 0 Å². The van der Waals surface area contributed by atoms with E-state index >= 15 is 0 Å². The van der Waals surface area contributed by atoms with Crippen LogP contribution in [0.4, 0.5) is 0 Å². The van der Waals surface area contributed by atoms with Gasteiger partial charge < -0.3 is 5.32 Å². The van der Waals surface area contributed by atoms with Crippen molar-refractivity contribution in [2.45, 2.75) is 13.8 Å². The molecule has 25 heavy (non-hydrogen) atoms. The Hall–Kier alpha value is -3.13. The molecule has 1 N–H and O–H groups in total. The molecule has 2 aromatic rings. The molecule has 1 amide bonds. The van der Waals surface area contributed by atoms with Crippen LogP contribution in [0.15, 0.2) is 97.3 Å².